The smallest absolute Gasteiger partial charge is 0.248 e. The molecule has 1 atom stereocenters. The van der Waals surface area contributed by atoms with Crippen molar-refractivity contribution in [2.24, 2.45) is 17.4 Å². The summed E-state index contributed by atoms with van der Waals surface area (Å²) in [6, 6.07) is 9.20. The molecular formula is C18H22N4O3. The van der Waals surface area contributed by atoms with E-state index in [1.54, 1.807) is 30.3 Å². The standard InChI is InChI=1S/C18H22N4O3/c1-11(2)8-15(19)18(24)22-13-6-7-16(21-10-13)25-14-5-3-4-12(9-14)17(20)23/h3-7,9-11,15H,8,19H2,1-2H3,(H2,20,23)(H,22,24)/t15-/m0/s1. The average Bonchev–Trinajstić information content (AvgIpc) is 2.56. The number of rotatable bonds is 7. The SMILES string of the molecule is CC(C)C[C@H](N)C(=O)Nc1ccc(Oc2cccc(C(N)=O)c2)nc1. The van der Waals surface area contributed by atoms with Crippen LogP contribution in [-0.4, -0.2) is 22.8 Å². The lowest BCUT2D eigenvalue weighted by Gasteiger charge is -2.14. The van der Waals surface area contributed by atoms with Gasteiger partial charge in [-0.2, -0.15) is 0 Å². The number of primary amides is 1. The zero-order valence-electron chi connectivity index (χ0n) is 14.2. The van der Waals surface area contributed by atoms with Gasteiger partial charge in [-0.25, -0.2) is 4.98 Å². The van der Waals surface area contributed by atoms with Gasteiger partial charge < -0.3 is 21.5 Å². The summed E-state index contributed by atoms with van der Waals surface area (Å²) in [5.74, 6) is 0.323. The van der Waals surface area contributed by atoms with Crippen molar-refractivity contribution in [3.8, 4) is 11.6 Å². The summed E-state index contributed by atoms with van der Waals surface area (Å²) >= 11 is 0. The number of nitrogens with one attached hydrogen (secondary N) is 1. The number of anilines is 1. The van der Waals surface area contributed by atoms with Crippen molar-refractivity contribution in [1.82, 2.24) is 4.98 Å². The van der Waals surface area contributed by atoms with Gasteiger partial charge >= 0.3 is 0 Å². The molecule has 0 unspecified atom stereocenters. The highest BCUT2D eigenvalue weighted by Gasteiger charge is 2.15. The first-order valence-electron chi connectivity index (χ1n) is 7.95. The number of amides is 2. The summed E-state index contributed by atoms with van der Waals surface area (Å²) in [4.78, 5) is 27.3. The second-order valence-corrected chi connectivity index (χ2v) is 6.10. The molecule has 2 amide bonds. The minimum Gasteiger partial charge on any atom is -0.439 e. The van der Waals surface area contributed by atoms with Crippen LogP contribution >= 0.6 is 0 Å². The molecule has 5 N–H and O–H groups in total. The molecule has 7 heteroatoms. The maximum atomic E-state index is 12.0. The highest BCUT2D eigenvalue weighted by molar-refractivity contribution is 5.94. The molecule has 0 aliphatic heterocycles. The van der Waals surface area contributed by atoms with E-state index in [0.29, 0.717) is 35.2 Å². The second-order valence-electron chi connectivity index (χ2n) is 6.10. The highest BCUT2D eigenvalue weighted by atomic mass is 16.5. The normalized spacial score (nSPS) is 11.8. The number of pyridine rings is 1. The number of carbonyl (C=O) groups excluding carboxylic acids is 2. The molecule has 1 aromatic carbocycles. The Hall–Kier alpha value is -2.93. The van der Waals surface area contributed by atoms with Crippen LogP contribution in [0.25, 0.3) is 0 Å². The predicted octanol–water partition coefficient (Wildman–Crippen LogP) is 2.28. The Morgan fingerprint density at radius 3 is 2.60 bits per heavy atom. The van der Waals surface area contributed by atoms with Crippen LogP contribution in [-0.2, 0) is 4.79 Å². The van der Waals surface area contributed by atoms with Crippen LogP contribution in [0.1, 0.15) is 30.6 Å². The van der Waals surface area contributed by atoms with Gasteiger partial charge in [0.05, 0.1) is 17.9 Å². The molecule has 2 aromatic rings. The summed E-state index contributed by atoms with van der Waals surface area (Å²) in [5.41, 5.74) is 12.0. The summed E-state index contributed by atoms with van der Waals surface area (Å²) in [7, 11) is 0. The molecule has 25 heavy (non-hydrogen) atoms. The monoisotopic (exact) mass is 342 g/mol. The Kier molecular flexibility index (Phi) is 6.08. The predicted molar refractivity (Wildman–Crippen MR) is 95.3 cm³/mol. The topological polar surface area (TPSA) is 120 Å². The molecule has 2 rings (SSSR count). The van der Waals surface area contributed by atoms with Crippen LogP contribution < -0.4 is 21.5 Å². The van der Waals surface area contributed by atoms with E-state index in [-0.39, 0.29) is 5.91 Å². The van der Waals surface area contributed by atoms with Crippen LogP contribution in [0.15, 0.2) is 42.6 Å². The van der Waals surface area contributed by atoms with Gasteiger partial charge in [-0.1, -0.05) is 19.9 Å². The van der Waals surface area contributed by atoms with Crippen molar-refractivity contribution in [2.75, 3.05) is 5.32 Å². The number of nitrogens with two attached hydrogens (primary N) is 2. The van der Waals surface area contributed by atoms with Crippen molar-refractivity contribution in [3.05, 3.63) is 48.2 Å². The number of benzene rings is 1. The van der Waals surface area contributed by atoms with E-state index < -0.39 is 11.9 Å². The van der Waals surface area contributed by atoms with Crippen molar-refractivity contribution < 1.29 is 14.3 Å². The fourth-order valence-electron chi connectivity index (χ4n) is 2.20. The summed E-state index contributed by atoms with van der Waals surface area (Å²) in [6.07, 6.45) is 2.09. The number of hydrogen-bond acceptors (Lipinski definition) is 5. The van der Waals surface area contributed by atoms with Gasteiger partial charge in [-0.05, 0) is 36.6 Å². The second kappa shape index (κ2) is 8.25. The third-order valence-corrected chi connectivity index (χ3v) is 3.41. The van der Waals surface area contributed by atoms with Gasteiger partial charge in [-0.3, -0.25) is 9.59 Å². The quantitative estimate of drug-likeness (QED) is 0.713. The zero-order valence-corrected chi connectivity index (χ0v) is 14.2. The number of aromatic nitrogens is 1. The van der Waals surface area contributed by atoms with Gasteiger partial charge in [0.2, 0.25) is 17.7 Å². The highest BCUT2D eigenvalue weighted by Crippen LogP contribution is 2.21. The van der Waals surface area contributed by atoms with Crippen molar-refractivity contribution in [1.29, 1.82) is 0 Å². The van der Waals surface area contributed by atoms with Crippen LogP contribution in [0, 0.1) is 5.92 Å². The number of nitrogens with zero attached hydrogens (tertiary/aromatic N) is 1. The molecule has 0 spiro atoms. The molecule has 0 saturated carbocycles. The third kappa shape index (κ3) is 5.58. The van der Waals surface area contributed by atoms with Crippen LogP contribution in [0.3, 0.4) is 0 Å². The van der Waals surface area contributed by atoms with Crippen molar-refractivity contribution >= 4 is 17.5 Å². The fraction of sp³-hybridized carbons (Fsp3) is 0.278. The van der Waals surface area contributed by atoms with E-state index in [9.17, 15) is 9.59 Å². The Bertz CT molecular complexity index is 744. The van der Waals surface area contributed by atoms with Crippen LogP contribution in [0.2, 0.25) is 0 Å². The molecule has 0 aliphatic rings. The molecule has 0 aliphatic carbocycles. The summed E-state index contributed by atoms with van der Waals surface area (Å²) < 4.78 is 5.57. The molecule has 0 bridgehead atoms. The van der Waals surface area contributed by atoms with E-state index >= 15 is 0 Å². The van der Waals surface area contributed by atoms with E-state index in [1.807, 2.05) is 13.8 Å². The minimum absolute atomic E-state index is 0.252. The number of carbonyl (C=O) groups is 2. The molecule has 7 nitrogen and oxygen atoms in total. The van der Waals surface area contributed by atoms with E-state index in [2.05, 4.69) is 10.3 Å². The average molecular weight is 342 g/mol. The molecular weight excluding hydrogens is 320 g/mol. The van der Waals surface area contributed by atoms with Gasteiger partial charge in [0.1, 0.15) is 5.75 Å². The van der Waals surface area contributed by atoms with Gasteiger partial charge in [0.25, 0.3) is 0 Å². The molecule has 1 heterocycles. The van der Waals surface area contributed by atoms with Gasteiger partial charge in [0, 0.05) is 11.6 Å². The lowest BCUT2D eigenvalue weighted by molar-refractivity contribution is -0.117. The van der Waals surface area contributed by atoms with E-state index in [1.165, 1.54) is 12.3 Å². The van der Waals surface area contributed by atoms with E-state index in [4.69, 9.17) is 16.2 Å². The van der Waals surface area contributed by atoms with Crippen LogP contribution in [0.4, 0.5) is 5.69 Å². The third-order valence-electron chi connectivity index (χ3n) is 3.41. The van der Waals surface area contributed by atoms with Crippen molar-refractivity contribution in [2.45, 2.75) is 26.3 Å². The molecule has 0 fully saturated rings. The first-order valence-corrected chi connectivity index (χ1v) is 7.95. The Morgan fingerprint density at radius 2 is 2.00 bits per heavy atom. The van der Waals surface area contributed by atoms with Gasteiger partial charge in [0.15, 0.2) is 0 Å². The Labute approximate surface area is 146 Å². The molecule has 132 valence electrons. The lowest BCUT2D eigenvalue weighted by atomic mass is 10.0. The molecule has 0 radical (unpaired) electrons. The first kappa shape index (κ1) is 18.4. The lowest BCUT2D eigenvalue weighted by Crippen LogP contribution is -2.36. The maximum Gasteiger partial charge on any atom is 0.248 e. The molecule has 0 saturated heterocycles. The fourth-order valence-corrected chi connectivity index (χ4v) is 2.20. The number of hydrogen-bond donors (Lipinski definition) is 3. The first-order chi connectivity index (χ1) is 11.8. The largest absolute Gasteiger partial charge is 0.439 e. The van der Waals surface area contributed by atoms with Crippen molar-refractivity contribution in [3.63, 3.8) is 0 Å². The zero-order chi connectivity index (χ0) is 18.4. The summed E-state index contributed by atoms with van der Waals surface area (Å²) in [5, 5.41) is 2.72. The Morgan fingerprint density at radius 1 is 1.24 bits per heavy atom. The minimum atomic E-state index is -0.563. The van der Waals surface area contributed by atoms with E-state index in [0.717, 1.165) is 0 Å². The summed E-state index contributed by atoms with van der Waals surface area (Å²) in [6.45, 7) is 4.02. The van der Waals surface area contributed by atoms with Crippen LogP contribution in [0.5, 0.6) is 11.6 Å². The number of ether oxygens (including phenoxy) is 1. The Balaban J connectivity index is 1.99. The molecule has 1 aromatic heterocycles. The van der Waals surface area contributed by atoms with Gasteiger partial charge in [-0.15, -0.1) is 0 Å². The maximum absolute atomic E-state index is 12.0.